The summed E-state index contributed by atoms with van der Waals surface area (Å²) in [6.07, 6.45) is 0. The Morgan fingerprint density at radius 2 is 2.11 bits per heavy atom. The summed E-state index contributed by atoms with van der Waals surface area (Å²) in [5.74, 6) is -0.961. The molecule has 1 N–H and O–H groups in total. The topological polar surface area (TPSA) is 57.6 Å². The van der Waals surface area contributed by atoms with Gasteiger partial charge >= 0.3 is 5.97 Å². The number of amides is 1. The number of rotatable bonds is 6. The minimum atomic E-state index is -0.920. The maximum Gasteiger partial charge on any atom is 0.313 e. The fourth-order valence-electron chi connectivity index (χ4n) is 1.33. The summed E-state index contributed by atoms with van der Waals surface area (Å²) in [5.41, 5.74) is 0.851. The minimum Gasteiger partial charge on any atom is -0.481 e. The molecule has 0 radical (unpaired) electrons. The highest BCUT2D eigenvalue weighted by molar-refractivity contribution is 9.10. The summed E-state index contributed by atoms with van der Waals surface area (Å²) in [6.45, 7) is 0.401. The molecule has 1 rings (SSSR count). The second kappa shape index (κ2) is 7.77. The lowest BCUT2D eigenvalue weighted by atomic mass is 10.2. The molecule has 0 fully saturated rings. The van der Waals surface area contributed by atoms with Crippen LogP contribution >= 0.6 is 39.3 Å². The fourth-order valence-corrected chi connectivity index (χ4v) is 2.73. The van der Waals surface area contributed by atoms with Crippen LogP contribution in [0.25, 0.3) is 0 Å². The number of carboxylic acids is 1. The van der Waals surface area contributed by atoms with E-state index >= 15 is 0 Å². The largest absolute Gasteiger partial charge is 0.481 e. The van der Waals surface area contributed by atoms with Crippen LogP contribution in [0.4, 0.5) is 0 Å². The molecule has 1 amide bonds. The Morgan fingerprint density at radius 1 is 1.42 bits per heavy atom. The highest BCUT2D eigenvalue weighted by Crippen LogP contribution is 2.22. The van der Waals surface area contributed by atoms with Gasteiger partial charge in [0, 0.05) is 23.1 Å². The van der Waals surface area contributed by atoms with Crippen LogP contribution in [0.1, 0.15) is 5.56 Å². The van der Waals surface area contributed by atoms with E-state index in [1.165, 1.54) is 4.90 Å². The van der Waals surface area contributed by atoms with Gasteiger partial charge in [-0.2, -0.15) is 0 Å². The molecule has 0 aliphatic heterocycles. The zero-order valence-corrected chi connectivity index (χ0v) is 13.4. The van der Waals surface area contributed by atoms with E-state index in [-0.39, 0.29) is 17.4 Å². The van der Waals surface area contributed by atoms with Crippen LogP contribution in [0.5, 0.6) is 0 Å². The second-order valence-electron chi connectivity index (χ2n) is 3.87. The van der Waals surface area contributed by atoms with E-state index in [0.717, 1.165) is 21.8 Å². The Balaban J connectivity index is 2.51. The zero-order chi connectivity index (χ0) is 14.4. The lowest BCUT2D eigenvalue weighted by Gasteiger charge is -2.17. The van der Waals surface area contributed by atoms with Gasteiger partial charge in [0.2, 0.25) is 5.91 Å². The van der Waals surface area contributed by atoms with Crippen molar-refractivity contribution < 1.29 is 14.7 Å². The quantitative estimate of drug-likeness (QED) is 0.841. The van der Waals surface area contributed by atoms with Crippen molar-refractivity contribution in [1.82, 2.24) is 4.90 Å². The van der Waals surface area contributed by atoms with Crippen LogP contribution in [0.2, 0.25) is 5.02 Å². The molecule has 19 heavy (non-hydrogen) atoms. The normalized spacial score (nSPS) is 10.3. The molecule has 0 unspecified atom stereocenters. The number of nitrogens with zero attached hydrogens (tertiary/aromatic N) is 1. The van der Waals surface area contributed by atoms with Crippen LogP contribution < -0.4 is 0 Å². The van der Waals surface area contributed by atoms with Crippen LogP contribution in [-0.2, 0) is 16.1 Å². The molecule has 0 aliphatic rings. The summed E-state index contributed by atoms with van der Waals surface area (Å²) in [4.78, 5) is 23.6. The van der Waals surface area contributed by atoms with Crippen LogP contribution in [-0.4, -0.2) is 40.4 Å². The van der Waals surface area contributed by atoms with Gasteiger partial charge in [0.1, 0.15) is 0 Å². The number of carbonyl (C=O) groups excluding carboxylic acids is 1. The Labute approximate surface area is 129 Å². The lowest BCUT2D eigenvalue weighted by molar-refractivity contribution is -0.133. The predicted molar refractivity (Wildman–Crippen MR) is 80.6 cm³/mol. The molecular formula is C12H13BrClNO3S. The molecule has 4 nitrogen and oxygen atoms in total. The number of carbonyl (C=O) groups is 2. The molecule has 7 heteroatoms. The fraction of sp³-hybridized carbons (Fsp3) is 0.333. The first-order valence-corrected chi connectivity index (χ1v) is 7.70. The third-order valence-corrected chi connectivity index (χ3v) is 4.05. The average Bonchev–Trinajstić information content (AvgIpc) is 2.32. The number of benzene rings is 1. The van der Waals surface area contributed by atoms with Gasteiger partial charge in [0.05, 0.1) is 11.5 Å². The maximum absolute atomic E-state index is 11.8. The van der Waals surface area contributed by atoms with E-state index in [2.05, 4.69) is 15.9 Å². The SMILES string of the molecule is CN(Cc1ccc(Br)cc1Cl)C(=O)CSCC(=O)O. The summed E-state index contributed by atoms with van der Waals surface area (Å²) in [5, 5.41) is 9.08. The number of hydrogen-bond donors (Lipinski definition) is 1. The third-order valence-electron chi connectivity index (χ3n) is 2.30. The molecule has 0 saturated carbocycles. The molecule has 0 saturated heterocycles. The van der Waals surface area contributed by atoms with Crippen LogP contribution in [0, 0.1) is 0 Å². The van der Waals surface area contributed by atoms with Gasteiger partial charge in [-0.05, 0) is 17.7 Å². The second-order valence-corrected chi connectivity index (χ2v) is 6.18. The Hall–Kier alpha value is -0.720. The molecule has 1 aromatic rings. The van der Waals surface area contributed by atoms with Crippen molar-refractivity contribution in [3.63, 3.8) is 0 Å². The minimum absolute atomic E-state index is 0.0708. The highest BCUT2D eigenvalue weighted by Gasteiger charge is 2.12. The third kappa shape index (κ3) is 5.84. The first-order chi connectivity index (χ1) is 8.90. The maximum atomic E-state index is 11.8. The molecule has 1 aromatic carbocycles. The molecule has 0 spiro atoms. The molecular weight excluding hydrogens is 354 g/mol. The number of thioether (sulfide) groups is 1. The van der Waals surface area contributed by atoms with Crippen molar-refractivity contribution in [2.24, 2.45) is 0 Å². The van der Waals surface area contributed by atoms with Gasteiger partial charge < -0.3 is 10.0 Å². The van der Waals surface area contributed by atoms with Crippen molar-refractivity contribution in [2.75, 3.05) is 18.6 Å². The highest BCUT2D eigenvalue weighted by atomic mass is 79.9. The number of hydrogen-bond acceptors (Lipinski definition) is 3. The van der Waals surface area contributed by atoms with Gasteiger partial charge in [0.25, 0.3) is 0 Å². The monoisotopic (exact) mass is 365 g/mol. The molecule has 0 heterocycles. The zero-order valence-electron chi connectivity index (χ0n) is 10.2. The van der Waals surface area contributed by atoms with E-state index in [1.807, 2.05) is 12.1 Å². The van der Waals surface area contributed by atoms with Gasteiger partial charge in [-0.1, -0.05) is 33.6 Å². The van der Waals surface area contributed by atoms with E-state index < -0.39 is 5.97 Å². The molecule has 104 valence electrons. The predicted octanol–water partition coefficient (Wildman–Crippen LogP) is 2.88. The smallest absolute Gasteiger partial charge is 0.313 e. The van der Waals surface area contributed by atoms with Gasteiger partial charge in [-0.15, -0.1) is 11.8 Å². The van der Waals surface area contributed by atoms with Crippen LogP contribution in [0.3, 0.4) is 0 Å². The van der Waals surface area contributed by atoms with Crippen molar-refractivity contribution in [3.8, 4) is 0 Å². The van der Waals surface area contributed by atoms with Crippen molar-refractivity contribution in [2.45, 2.75) is 6.54 Å². The van der Waals surface area contributed by atoms with E-state index in [0.29, 0.717) is 11.6 Å². The summed E-state index contributed by atoms with van der Waals surface area (Å²) >= 11 is 10.5. The van der Waals surface area contributed by atoms with Crippen molar-refractivity contribution in [3.05, 3.63) is 33.3 Å². The number of carboxylic acid groups (broad SMARTS) is 1. The summed E-state index contributed by atoms with van der Waals surface area (Å²) in [7, 11) is 1.67. The first kappa shape index (κ1) is 16.3. The molecule has 0 atom stereocenters. The summed E-state index contributed by atoms with van der Waals surface area (Å²) < 4.78 is 0.882. The number of aliphatic carboxylic acids is 1. The Kier molecular flexibility index (Phi) is 6.68. The van der Waals surface area contributed by atoms with E-state index in [4.69, 9.17) is 16.7 Å². The van der Waals surface area contributed by atoms with Crippen LogP contribution in [0.15, 0.2) is 22.7 Å². The van der Waals surface area contributed by atoms with Gasteiger partial charge in [-0.25, -0.2) is 0 Å². The Bertz CT molecular complexity index is 484. The molecule has 0 aromatic heterocycles. The van der Waals surface area contributed by atoms with Crippen molar-refractivity contribution in [1.29, 1.82) is 0 Å². The first-order valence-electron chi connectivity index (χ1n) is 5.37. The van der Waals surface area contributed by atoms with Gasteiger partial charge in [0.15, 0.2) is 0 Å². The van der Waals surface area contributed by atoms with E-state index in [9.17, 15) is 9.59 Å². The Morgan fingerprint density at radius 3 is 2.68 bits per heavy atom. The standard InChI is InChI=1S/C12H13BrClNO3S/c1-15(11(16)6-19-7-12(17)18)5-8-2-3-9(13)4-10(8)14/h2-4H,5-7H2,1H3,(H,17,18). The lowest BCUT2D eigenvalue weighted by Crippen LogP contribution is -2.28. The summed E-state index contributed by atoms with van der Waals surface area (Å²) in [6, 6.07) is 5.48. The van der Waals surface area contributed by atoms with E-state index in [1.54, 1.807) is 13.1 Å². The van der Waals surface area contributed by atoms with Crippen molar-refractivity contribution >= 4 is 51.2 Å². The van der Waals surface area contributed by atoms with Gasteiger partial charge in [-0.3, -0.25) is 9.59 Å². The average molecular weight is 367 g/mol. The molecule has 0 bridgehead atoms. The molecule has 0 aliphatic carbocycles. The number of halogens is 2.